The Morgan fingerprint density at radius 1 is 1.18 bits per heavy atom. The van der Waals surface area contributed by atoms with Gasteiger partial charge in [0.25, 0.3) is 0 Å². The van der Waals surface area contributed by atoms with Crippen LogP contribution >= 0.6 is 0 Å². The normalized spacial score (nSPS) is 31.5. The SMILES string of the molecule is CC1C(=O)NC(C)(C)C(=O)N1C1(C)CCCC1. The predicted octanol–water partition coefficient (Wildman–Crippen LogP) is 1.44. The summed E-state index contributed by atoms with van der Waals surface area (Å²) in [6.07, 6.45) is 4.31. The summed E-state index contributed by atoms with van der Waals surface area (Å²) in [6.45, 7) is 7.50. The second kappa shape index (κ2) is 3.72. The lowest BCUT2D eigenvalue weighted by Crippen LogP contribution is -2.71. The summed E-state index contributed by atoms with van der Waals surface area (Å²) in [5, 5.41) is 2.80. The molecule has 0 spiro atoms. The Morgan fingerprint density at radius 3 is 2.24 bits per heavy atom. The summed E-state index contributed by atoms with van der Waals surface area (Å²) in [7, 11) is 0. The van der Waals surface area contributed by atoms with Gasteiger partial charge in [-0.05, 0) is 40.5 Å². The molecule has 1 atom stereocenters. The van der Waals surface area contributed by atoms with Crippen LogP contribution in [0.5, 0.6) is 0 Å². The summed E-state index contributed by atoms with van der Waals surface area (Å²) < 4.78 is 0. The van der Waals surface area contributed by atoms with E-state index in [0.29, 0.717) is 0 Å². The number of nitrogens with one attached hydrogen (secondary N) is 1. The van der Waals surface area contributed by atoms with Crippen LogP contribution in [-0.2, 0) is 9.59 Å². The number of amides is 2. The third-order valence-electron chi connectivity index (χ3n) is 4.22. The van der Waals surface area contributed by atoms with Crippen LogP contribution in [0.2, 0.25) is 0 Å². The average molecular weight is 238 g/mol. The monoisotopic (exact) mass is 238 g/mol. The van der Waals surface area contributed by atoms with E-state index in [1.165, 1.54) is 0 Å². The Morgan fingerprint density at radius 2 is 1.71 bits per heavy atom. The van der Waals surface area contributed by atoms with Crippen LogP contribution in [0.4, 0.5) is 0 Å². The molecule has 0 aromatic heterocycles. The van der Waals surface area contributed by atoms with E-state index in [1.807, 2.05) is 11.8 Å². The van der Waals surface area contributed by atoms with Crippen molar-refractivity contribution in [2.24, 2.45) is 0 Å². The van der Waals surface area contributed by atoms with Crippen LogP contribution in [0, 0.1) is 0 Å². The molecule has 4 heteroatoms. The summed E-state index contributed by atoms with van der Waals surface area (Å²) in [5.74, 6) is 0.0109. The van der Waals surface area contributed by atoms with Crippen molar-refractivity contribution in [3.05, 3.63) is 0 Å². The molecule has 0 aromatic carbocycles. The topological polar surface area (TPSA) is 49.4 Å². The van der Waals surface area contributed by atoms with Crippen molar-refractivity contribution in [3.8, 4) is 0 Å². The zero-order valence-corrected chi connectivity index (χ0v) is 11.2. The van der Waals surface area contributed by atoms with E-state index in [2.05, 4.69) is 12.2 Å². The molecule has 2 amide bonds. The van der Waals surface area contributed by atoms with Crippen LogP contribution in [0.3, 0.4) is 0 Å². The van der Waals surface area contributed by atoms with Gasteiger partial charge in [0.1, 0.15) is 11.6 Å². The molecule has 0 aromatic rings. The molecule has 1 aliphatic heterocycles. The van der Waals surface area contributed by atoms with Gasteiger partial charge in [-0.15, -0.1) is 0 Å². The highest BCUT2D eigenvalue weighted by atomic mass is 16.2. The van der Waals surface area contributed by atoms with Gasteiger partial charge in [-0.2, -0.15) is 0 Å². The van der Waals surface area contributed by atoms with Crippen molar-refractivity contribution in [1.82, 2.24) is 10.2 Å². The van der Waals surface area contributed by atoms with Gasteiger partial charge in [0.2, 0.25) is 11.8 Å². The van der Waals surface area contributed by atoms with E-state index in [0.717, 1.165) is 25.7 Å². The first-order valence-electron chi connectivity index (χ1n) is 6.44. The first-order chi connectivity index (χ1) is 7.78. The molecule has 1 heterocycles. The molecule has 17 heavy (non-hydrogen) atoms. The maximum atomic E-state index is 12.5. The first kappa shape index (κ1) is 12.4. The standard InChI is InChI=1S/C13H22N2O2/c1-9-10(16)14-12(2,3)11(17)15(9)13(4)7-5-6-8-13/h9H,5-8H2,1-4H3,(H,14,16). The number of carbonyl (C=O) groups excluding carboxylic acids is 2. The minimum absolute atomic E-state index is 0.0391. The predicted molar refractivity (Wildman–Crippen MR) is 65.4 cm³/mol. The van der Waals surface area contributed by atoms with Crippen LogP contribution in [0.25, 0.3) is 0 Å². The Balaban J connectivity index is 2.35. The van der Waals surface area contributed by atoms with Crippen molar-refractivity contribution in [3.63, 3.8) is 0 Å². The van der Waals surface area contributed by atoms with Gasteiger partial charge in [0, 0.05) is 5.54 Å². The summed E-state index contributed by atoms with van der Waals surface area (Å²) >= 11 is 0. The van der Waals surface area contributed by atoms with Gasteiger partial charge in [-0.3, -0.25) is 9.59 Å². The van der Waals surface area contributed by atoms with E-state index in [9.17, 15) is 9.59 Å². The van der Waals surface area contributed by atoms with Gasteiger partial charge in [0.05, 0.1) is 0 Å². The molecule has 1 saturated carbocycles. The number of piperazine rings is 1. The number of hydrogen-bond acceptors (Lipinski definition) is 2. The van der Waals surface area contributed by atoms with Gasteiger partial charge in [-0.1, -0.05) is 12.8 Å². The lowest BCUT2D eigenvalue weighted by Gasteiger charge is -2.49. The lowest BCUT2D eigenvalue weighted by molar-refractivity contribution is -0.159. The zero-order valence-electron chi connectivity index (χ0n) is 11.2. The Kier molecular flexibility index (Phi) is 2.71. The summed E-state index contributed by atoms with van der Waals surface area (Å²) in [5.41, 5.74) is -0.902. The maximum absolute atomic E-state index is 12.5. The van der Waals surface area contributed by atoms with Crippen molar-refractivity contribution in [1.29, 1.82) is 0 Å². The molecule has 0 radical (unpaired) electrons. The molecule has 2 fully saturated rings. The van der Waals surface area contributed by atoms with Crippen LogP contribution < -0.4 is 5.32 Å². The molecule has 0 bridgehead atoms. The van der Waals surface area contributed by atoms with Gasteiger partial charge >= 0.3 is 0 Å². The highest BCUT2D eigenvalue weighted by molar-refractivity contribution is 5.99. The quantitative estimate of drug-likeness (QED) is 0.751. The highest BCUT2D eigenvalue weighted by Gasteiger charge is 2.50. The summed E-state index contributed by atoms with van der Waals surface area (Å²) in [6, 6.07) is -0.348. The number of rotatable bonds is 1. The van der Waals surface area contributed by atoms with Crippen molar-refractivity contribution < 1.29 is 9.59 Å². The minimum atomic E-state index is -0.769. The third-order valence-corrected chi connectivity index (χ3v) is 4.22. The molecule has 4 nitrogen and oxygen atoms in total. The van der Waals surface area contributed by atoms with E-state index < -0.39 is 5.54 Å². The molecule has 1 aliphatic carbocycles. The number of hydrogen-bond donors (Lipinski definition) is 1. The molecule has 2 aliphatic rings. The lowest BCUT2D eigenvalue weighted by atomic mass is 9.88. The summed E-state index contributed by atoms with van der Waals surface area (Å²) in [4.78, 5) is 26.3. The van der Waals surface area contributed by atoms with E-state index in [4.69, 9.17) is 0 Å². The maximum Gasteiger partial charge on any atom is 0.248 e. The fourth-order valence-electron chi connectivity index (χ4n) is 3.15. The first-order valence-corrected chi connectivity index (χ1v) is 6.44. The van der Waals surface area contributed by atoms with Gasteiger partial charge in [-0.25, -0.2) is 0 Å². The highest BCUT2D eigenvalue weighted by Crippen LogP contribution is 2.38. The fraction of sp³-hybridized carbons (Fsp3) is 0.846. The van der Waals surface area contributed by atoms with Crippen LogP contribution in [0.15, 0.2) is 0 Å². The Labute approximate surface area is 103 Å². The van der Waals surface area contributed by atoms with Crippen LogP contribution in [-0.4, -0.2) is 33.8 Å². The molecule has 1 saturated heterocycles. The van der Waals surface area contributed by atoms with E-state index >= 15 is 0 Å². The van der Waals surface area contributed by atoms with E-state index in [1.54, 1.807) is 13.8 Å². The molecule has 1 unspecified atom stereocenters. The van der Waals surface area contributed by atoms with Crippen molar-refractivity contribution in [2.45, 2.75) is 70.5 Å². The van der Waals surface area contributed by atoms with Gasteiger partial charge < -0.3 is 10.2 Å². The smallest absolute Gasteiger partial charge is 0.248 e. The van der Waals surface area contributed by atoms with Gasteiger partial charge in [0.15, 0.2) is 0 Å². The molecule has 1 N–H and O–H groups in total. The molecule has 2 rings (SSSR count). The zero-order chi connectivity index (χ0) is 12.8. The van der Waals surface area contributed by atoms with Crippen LogP contribution in [0.1, 0.15) is 53.4 Å². The largest absolute Gasteiger partial charge is 0.340 e. The number of nitrogens with zero attached hydrogens (tertiary/aromatic N) is 1. The number of carbonyl (C=O) groups is 2. The fourth-order valence-corrected chi connectivity index (χ4v) is 3.15. The second-order valence-corrected chi connectivity index (χ2v) is 6.17. The van der Waals surface area contributed by atoms with E-state index in [-0.39, 0.29) is 23.4 Å². The Bertz CT molecular complexity index is 356. The van der Waals surface area contributed by atoms with Crippen molar-refractivity contribution in [2.75, 3.05) is 0 Å². The molecular weight excluding hydrogens is 216 g/mol. The average Bonchev–Trinajstić information content (AvgIpc) is 2.63. The molecular formula is C13H22N2O2. The van der Waals surface area contributed by atoms with Crippen molar-refractivity contribution >= 4 is 11.8 Å². The third kappa shape index (κ3) is 1.83. The minimum Gasteiger partial charge on any atom is -0.340 e. The molecule has 96 valence electrons. The second-order valence-electron chi connectivity index (χ2n) is 6.17. The Hall–Kier alpha value is -1.06.